The molecule has 4 rings (SSSR count). The second-order valence-electron chi connectivity index (χ2n) is 7.47. The highest BCUT2D eigenvalue weighted by Crippen LogP contribution is 2.38. The Morgan fingerprint density at radius 3 is 2.46 bits per heavy atom. The van der Waals surface area contributed by atoms with Crippen LogP contribution in [0, 0.1) is 0 Å². The van der Waals surface area contributed by atoms with Gasteiger partial charge in [-0.3, -0.25) is 19.8 Å². The lowest BCUT2D eigenvalue weighted by atomic mass is 10.1. The fourth-order valence-electron chi connectivity index (χ4n) is 3.45. The second kappa shape index (κ2) is 11.0. The Hall–Kier alpha value is -3.20. The first-order chi connectivity index (χ1) is 16.9. The summed E-state index contributed by atoms with van der Waals surface area (Å²) < 4.78 is 12.4. The van der Waals surface area contributed by atoms with Crippen LogP contribution in [0.1, 0.15) is 18.1 Å². The Balaban J connectivity index is 1.65. The first kappa shape index (κ1) is 24.9. The zero-order valence-electron chi connectivity index (χ0n) is 18.6. The Bertz CT molecular complexity index is 1310. The second-order valence-corrected chi connectivity index (χ2v) is 9.15. The average molecular weight is 572 g/mol. The number of ether oxygens (including phenoxy) is 2. The van der Waals surface area contributed by atoms with Crippen molar-refractivity contribution in [3.05, 3.63) is 92.9 Å². The molecule has 3 aromatic carbocycles. The number of anilines is 1. The lowest BCUT2D eigenvalue weighted by Crippen LogP contribution is -2.54. The lowest BCUT2D eigenvalue weighted by molar-refractivity contribution is -0.122. The molecule has 0 saturated carbocycles. The van der Waals surface area contributed by atoms with E-state index in [1.807, 2.05) is 25.1 Å². The van der Waals surface area contributed by atoms with Gasteiger partial charge in [0, 0.05) is 5.02 Å². The van der Waals surface area contributed by atoms with Gasteiger partial charge in [-0.15, -0.1) is 0 Å². The molecule has 0 atom stereocenters. The van der Waals surface area contributed by atoms with E-state index in [4.69, 9.17) is 33.3 Å². The minimum atomic E-state index is -0.565. The summed E-state index contributed by atoms with van der Waals surface area (Å²) in [5.74, 6) is -0.0938. The highest BCUT2D eigenvalue weighted by molar-refractivity contribution is 9.10. The molecule has 0 spiro atoms. The molecule has 1 aliphatic heterocycles. The van der Waals surface area contributed by atoms with Gasteiger partial charge in [0.05, 0.1) is 16.8 Å². The monoisotopic (exact) mass is 570 g/mol. The van der Waals surface area contributed by atoms with Gasteiger partial charge in [-0.1, -0.05) is 41.9 Å². The van der Waals surface area contributed by atoms with Crippen LogP contribution in [0.4, 0.5) is 5.69 Å². The normalized spacial score (nSPS) is 14.8. The molecule has 3 aromatic rings. The standard InChI is InChI=1S/C26H20BrClN2O4S/c1-2-33-22-14-17(13-21(27)23(22)34-15-16-8-10-18(28)11-9-16)12-20-24(31)29-26(35)30(25(20)32)19-6-4-3-5-7-19/h3-14H,2,15H2,1H3,(H,29,31,35)/b20-12-. The van der Waals surface area contributed by atoms with E-state index in [-0.39, 0.29) is 10.7 Å². The van der Waals surface area contributed by atoms with Crippen LogP contribution in [0.2, 0.25) is 5.02 Å². The summed E-state index contributed by atoms with van der Waals surface area (Å²) in [5.41, 5.74) is 2.04. The van der Waals surface area contributed by atoms with E-state index in [9.17, 15) is 9.59 Å². The minimum absolute atomic E-state index is 0.0329. The molecule has 1 aliphatic rings. The number of benzene rings is 3. The van der Waals surface area contributed by atoms with Crippen LogP contribution in [0.3, 0.4) is 0 Å². The molecule has 1 heterocycles. The van der Waals surface area contributed by atoms with Gasteiger partial charge in [0.25, 0.3) is 11.8 Å². The van der Waals surface area contributed by atoms with Gasteiger partial charge >= 0.3 is 0 Å². The first-order valence-electron chi connectivity index (χ1n) is 10.7. The molecule has 0 bridgehead atoms. The molecule has 1 fully saturated rings. The predicted octanol–water partition coefficient (Wildman–Crippen LogP) is 5.91. The summed E-state index contributed by atoms with van der Waals surface area (Å²) in [6.07, 6.45) is 1.51. The van der Waals surface area contributed by atoms with E-state index in [0.29, 0.717) is 45.5 Å². The van der Waals surface area contributed by atoms with Crippen LogP contribution in [0.25, 0.3) is 6.08 Å². The summed E-state index contributed by atoms with van der Waals surface area (Å²) in [7, 11) is 0. The van der Waals surface area contributed by atoms with E-state index in [1.54, 1.807) is 48.5 Å². The quantitative estimate of drug-likeness (QED) is 0.217. The average Bonchev–Trinajstić information content (AvgIpc) is 2.83. The third-order valence-corrected chi connectivity index (χ3v) is 6.18. The van der Waals surface area contributed by atoms with E-state index in [1.165, 1.54) is 11.0 Å². The number of thiocarbonyl (C=S) groups is 1. The van der Waals surface area contributed by atoms with Crippen LogP contribution in [-0.4, -0.2) is 23.5 Å². The highest BCUT2D eigenvalue weighted by atomic mass is 79.9. The fraction of sp³-hybridized carbons (Fsp3) is 0.115. The van der Waals surface area contributed by atoms with Gasteiger partial charge in [0.15, 0.2) is 16.6 Å². The Morgan fingerprint density at radius 2 is 1.77 bits per heavy atom. The van der Waals surface area contributed by atoms with Gasteiger partial charge in [0.1, 0.15) is 12.2 Å². The summed E-state index contributed by atoms with van der Waals surface area (Å²) in [6, 6.07) is 19.7. The summed E-state index contributed by atoms with van der Waals surface area (Å²) in [4.78, 5) is 27.2. The largest absolute Gasteiger partial charge is 0.490 e. The number of hydrogen-bond acceptors (Lipinski definition) is 5. The van der Waals surface area contributed by atoms with E-state index in [0.717, 1.165) is 5.56 Å². The molecule has 1 N–H and O–H groups in total. The number of carbonyl (C=O) groups excluding carboxylic acids is 2. The Labute approximate surface area is 221 Å². The molecule has 2 amide bonds. The van der Waals surface area contributed by atoms with Crippen LogP contribution < -0.4 is 19.7 Å². The molecular formula is C26H20BrClN2O4S. The van der Waals surface area contributed by atoms with Gasteiger partial charge in [-0.2, -0.15) is 0 Å². The molecule has 0 aromatic heterocycles. The van der Waals surface area contributed by atoms with E-state index >= 15 is 0 Å². The van der Waals surface area contributed by atoms with Crippen molar-refractivity contribution in [3.63, 3.8) is 0 Å². The summed E-state index contributed by atoms with van der Waals surface area (Å²) in [6.45, 7) is 2.57. The number of nitrogens with zero attached hydrogens (tertiary/aromatic N) is 1. The number of carbonyl (C=O) groups is 2. The maximum Gasteiger partial charge on any atom is 0.270 e. The molecule has 9 heteroatoms. The molecule has 0 radical (unpaired) electrons. The van der Waals surface area contributed by atoms with Gasteiger partial charge in [0.2, 0.25) is 0 Å². The fourth-order valence-corrected chi connectivity index (χ4v) is 4.43. The topological polar surface area (TPSA) is 67.9 Å². The lowest BCUT2D eigenvalue weighted by Gasteiger charge is -2.28. The zero-order chi connectivity index (χ0) is 24.9. The van der Waals surface area contributed by atoms with Crippen LogP contribution >= 0.6 is 39.7 Å². The Morgan fingerprint density at radius 1 is 1.06 bits per heavy atom. The third kappa shape index (κ3) is 5.73. The van der Waals surface area contributed by atoms with Gasteiger partial charge in [-0.05, 0) is 88.7 Å². The maximum atomic E-state index is 13.2. The number of halogens is 2. The van der Waals surface area contributed by atoms with Crippen molar-refractivity contribution in [3.8, 4) is 11.5 Å². The maximum absolute atomic E-state index is 13.2. The van der Waals surface area contributed by atoms with E-state index in [2.05, 4.69) is 21.2 Å². The molecule has 0 unspecified atom stereocenters. The minimum Gasteiger partial charge on any atom is -0.490 e. The van der Waals surface area contributed by atoms with Crippen molar-refractivity contribution in [2.75, 3.05) is 11.5 Å². The van der Waals surface area contributed by atoms with Gasteiger partial charge < -0.3 is 9.47 Å². The molecule has 6 nitrogen and oxygen atoms in total. The zero-order valence-corrected chi connectivity index (χ0v) is 21.7. The molecule has 178 valence electrons. The van der Waals surface area contributed by atoms with Crippen molar-refractivity contribution in [1.82, 2.24) is 5.32 Å². The van der Waals surface area contributed by atoms with Crippen molar-refractivity contribution >= 4 is 68.4 Å². The van der Waals surface area contributed by atoms with Crippen LogP contribution in [-0.2, 0) is 16.2 Å². The predicted molar refractivity (Wildman–Crippen MR) is 144 cm³/mol. The number of amides is 2. The number of rotatable bonds is 7. The molecule has 35 heavy (non-hydrogen) atoms. The Kier molecular flexibility index (Phi) is 7.85. The number of para-hydroxylation sites is 1. The van der Waals surface area contributed by atoms with Crippen molar-refractivity contribution in [2.24, 2.45) is 0 Å². The molecular weight excluding hydrogens is 552 g/mol. The smallest absolute Gasteiger partial charge is 0.270 e. The summed E-state index contributed by atoms with van der Waals surface area (Å²) >= 11 is 14.7. The highest BCUT2D eigenvalue weighted by Gasteiger charge is 2.34. The molecule has 1 saturated heterocycles. The first-order valence-corrected chi connectivity index (χ1v) is 12.3. The third-order valence-electron chi connectivity index (χ3n) is 5.06. The van der Waals surface area contributed by atoms with Crippen molar-refractivity contribution in [1.29, 1.82) is 0 Å². The van der Waals surface area contributed by atoms with E-state index < -0.39 is 11.8 Å². The van der Waals surface area contributed by atoms with Crippen molar-refractivity contribution < 1.29 is 19.1 Å². The number of hydrogen-bond donors (Lipinski definition) is 1. The van der Waals surface area contributed by atoms with Crippen molar-refractivity contribution in [2.45, 2.75) is 13.5 Å². The summed E-state index contributed by atoms with van der Waals surface area (Å²) in [5, 5.41) is 3.27. The van der Waals surface area contributed by atoms with Crippen LogP contribution in [0.15, 0.2) is 76.8 Å². The SMILES string of the molecule is CCOc1cc(/C=C2/C(=O)NC(=S)N(c3ccccc3)C2=O)cc(Br)c1OCc1ccc(Cl)cc1. The molecule has 0 aliphatic carbocycles. The van der Waals surface area contributed by atoms with Crippen LogP contribution in [0.5, 0.6) is 11.5 Å². The van der Waals surface area contributed by atoms with Gasteiger partial charge in [-0.25, -0.2) is 0 Å². The number of nitrogens with one attached hydrogen (secondary N) is 1.